The van der Waals surface area contributed by atoms with E-state index < -0.39 is 28.5 Å². The van der Waals surface area contributed by atoms with E-state index >= 15 is 0 Å². The molecule has 3 aromatic carbocycles. The average molecular weight is 625 g/mol. The van der Waals surface area contributed by atoms with Crippen molar-refractivity contribution in [2.45, 2.75) is 57.1 Å². The fourth-order valence-corrected chi connectivity index (χ4v) is 5.98. The number of nitrogens with one attached hydrogen (secondary N) is 1. The summed E-state index contributed by atoms with van der Waals surface area (Å²) in [6, 6.07) is 17.9. The average Bonchev–Trinajstić information content (AvgIpc) is 2.92. The van der Waals surface area contributed by atoms with E-state index in [1.807, 2.05) is 13.8 Å². The van der Waals surface area contributed by atoms with E-state index in [-0.39, 0.29) is 29.1 Å². The van der Waals surface area contributed by atoms with Gasteiger partial charge in [0.25, 0.3) is 10.0 Å². The van der Waals surface area contributed by atoms with Crippen LogP contribution >= 0.6 is 34.8 Å². The SMILES string of the molecule is CC[C@@H](C)NC(=O)[C@@H](CC)N(Cc1ccccc1Cl)C(=O)CN(c1cccc(Cl)c1)S(=O)(=O)c1ccc(Cl)cc1. The molecule has 3 aromatic rings. The summed E-state index contributed by atoms with van der Waals surface area (Å²) in [6.07, 6.45) is 1.02. The highest BCUT2D eigenvalue weighted by Crippen LogP contribution is 2.28. The molecule has 0 aliphatic heterocycles. The summed E-state index contributed by atoms with van der Waals surface area (Å²) in [4.78, 5) is 28.7. The van der Waals surface area contributed by atoms with Crippen molar-refractivity contribution in [2.24, 2.45) is 0 Å². The molecule has 0 aliphatic carbocycles. The lowest BCUT2D eigenvalue weighted by Crippen LogP contribution is -2.53. The molecule has 0 saturated heterocycles. The molecule has 1 N–H and O–H groups in total. The summed E-state index contributed by atoms with van der Waals surface area (Å²) in [5, 5.41) is 4.04. The summed E-state index contributed by atoms with van der Waals surface area (Å²) in [6.45, 7) is 5.05. The van der Waals surface area contributed by atoms with Gasteiger partial charge in [0.15, 0.2) is 0 Å². The fraction of sp³-hybridized carbons (Fsp3) is 0.310. The highest BCUT2D eigenvalue weighted by Gasteiger charge is 2.34. The molecule has 214 valence electrons. The maximum Gasteiger partial charge on any atom is 0.264 e. The van der Waals surface area contributed by atoms with Crippen LogP contribution in [0.2, 0.25) is 15.1 Å². The van der Waals surface area contributed by atoms with Crippen molar-refractivity contribution in [3.63, 3.8) is 0 Å². The van der Waals surface area contributed by atoms with Gasteiger partial charge in [0.05, 0.1) is 10.6 Å². The molecule has 0 heterocycles. The first-order chi connectivity index (χ1) is 19.0. The lowest BCUT2D eigenvalue weighted by atomic mass is 10.1. The Bertz CT molecular complexity index is 1430. The highest BCUT2D eigenvalue weighted by molar-refractivity contribution is 7.92. The molecule has 11 heteroatoms. The molecule has 0 unspecified atom stereocenters. The standard InChI is InChI=1S/C29H32Cl3N3O4S/c1-4-20(3)33-29(37)27(5-2)34(18-21-9-6-7-12-26(21)32)28(36)19-35(24-11-8-10-23(31)17-24)40(38,39)25-15-13-22(30)14-16-25/h6-17,20,27H,4-5,18-19H2,1-3H3,(H,33,37)/t20-,27-/m1/s1. The number of sulfonamides is 1. The van der Waals surface area contributed by atoms with Crippen LogP contribution < -0.4 is 9.62 Å². The van der Waals surface area contributed by atoms with E-state index in [0.29, 0.717) is 33.5 Å². The van der Waals surface area contributed by atoms with Crippen LogP contribution in [-0.4, -0.2) is 43.8 Å². The van der Waals surface area contributed by atoms with Gasteiger partial charge in [0, 0.05) is 27.7 Å². The van der Waals surface area contributed by atoms with Crippen LogP contribution in [0.15, 0.2) is 77.7 Å². The van der Waals surface area contributed by atoms with Crippen LogP contribution in [-0.2, 0) is 26.2 Å². The van der Waals surface area contributed by atoms with Gasteiger partial charge >= 0.3 is 0 Å². The summed E-state index contributed by atoms with van der Waals surface area (Å²) in [5.41, 5.74) is 0.827. The Morgan fingerprint density at radius 3 is 2.15 bits per heavy atom. The Kier molecular flexibility index (Phi) is 11.3. The van der Waals surface area contributed by atoms with Gasteiger partial charge in [-0.15, -0.1) is 0 Å². The first kappa shape index (κ1) is 31.7. The van der Waals surface area contributed by atoms with Gasteiger partial charge in [-0.1, -0.05) is 72.9 Å². The van der Waals surface area contributed by atoms with E-state index in [0.717, 1.165) is 4.31 Å². The predicted octanol–water partition coefficient (Wildman–Crippen LogP) is 6.56. The smallest absolute Gasteiger partial charge is 0.264 e. The molecule has 0 fully saturated rings. The summed E-state index contributed by atoms with van der Waals surface area (Å²) >= 11 is 18.6. The van der Waals surface area contributed by atoms with Crippen LogP contribution in [0.5, 0.6) is 0 Å². The number of anilines is 1. The molecular formula is C29H32Cl3N3O4S. The molecule has 40 heavy (non-hydrogen) atoms. The van der Waals surface area contributed by atoms with Crippen molar-refractivity contribution >= 4 is 62.3 Å². The maximum absolute atomic E-state index is 14.1. The van der Waals surface area contributed by atoms with Crippen LogP contribution in [0.25, 0.3) is 0 Å². The van der Waals surface area contributed by atoms with Gasteiger partial charge in [0.2, 0.25) is 11.8 Å². The Labute approximate surface area is 251 Å². The van der Waals surface area contributed by atoms with Crippen LogP contribution in [0, 0.1) is 0 Å². The van der Waals surface area contributed by atoms with Crippen molar-refractivity contribution in [1.82, 2.24) is 10.2 Å². The molecule has 0 aliphatic rings. The van der Waals surface area contributed by atoms with E-state index in [9.17, 15) is 18.0 Å². The quantitative estimate of drug-likeness (QED) is 0.247. The monoisotopic (exact) mass is 623 g/mol. The number of halogens is 3. The third-order valence-electron chi connectivity index (χ3n) is 6.46. The van der Waals surface area contributed by atoms with Crippen molar-refractivity contribution in [2.75, 3.05) is 10.8 Å². The highest BCUT2D eigenvalue weighted by atomic mass is 35.5. The van der Waals surface area contributed by atoms with Crippen LogP contribution in [0.4, 0.5) is 5.69 Å². The Balaban J connectivity index is 2.07. The van der Waals surface area contributed by atoms with Gasteiger partial charge in [-0.2, -0.15) is 0 Å². The van der Waals surface area contributed by atoms with Gasteiger partial charge < -0.3 is 10.2 Å². The van der Waals surface area contributed by atoms with Crippen molar-refractivity contribution in [1.29, 1.82) is 0 Å². The largest absolute Gasteiger partial charge is 0.352 e. The Morgan fingerprint density at radius 1 is 0.875 bits per heavy atom. The number of carbonyl (C=O) groups excluding carboxylic acids is 2. The number of benzene rings is 3. The second-order valence-corrected chi connectivity index (χ2v) is 12.4. The van der Waals surface area contributed by atoms with E-state index in [1.54, 1.807) is 49.4 Å². The lowest BCUT2D eigenvalue weighted by Gasteiger charge is -2.34. The van der Waals surface area contributed by atoms with Crippen LogP contribution in [0.3, 0.4) is 0 Å². The van der Waals surface area contributed by atoms with Crippen LogP contribution in [0.1, 0.15) is 39.2 Å². The minimum Gasteiger partial charge on any atom is -0.352 e. The number of hydrogen-bond donors (Lipinski definition) is 1. The molecule has 2 atom stereocenters. The molecule has 3 rings (SSSR count). The summed E-state index contributed by atoms with van der Waals surface area (Å²) < 4.78 is 28.7. The topological polar surface area (TPSA) is 86.8 Å². The van der Waals surface area contributed by atoms with E-state index in [4.69, 9.17) is 34.8 Å². The van der Waals surface area contributed by atoms with Crippen molar-refractivity contribution in [3.05, 3.63) is 93.4 Å². The van der Waals surface area contributed by atoms with Gasteiger partial charge in [-0.3, -0.25) is 13.9 Å². The second-order valence-electron chi connectivity index (χ2n) is 9.30. The van der Waals surface area contributed by atoms with E-state index in [2.05, 4.69) is 5.32 Å². The number of carbonyl (C=O) groups is 2. The molecule has 0 bridgehead atoms. The second kappa shape index (κ2) is 14.2. The maximum atomic E-state index is 14.1. The number of amides is 2. The number of nitrogens with zero attached hydrogens (tertiary/aromatic N) is 2. The minimum atomic E-state index is -4.23. The normalized spacial score (nSPS) is 12.8. The third kappa shape index (κ3) is 7.91. The zero-order valence-electron chi connectivity index (χ0n) is 22.5. The van der Waals surface area contributed by atoms with Gasteiger partial charge in [-0.05, 0) is 73.9 Å². The number of hydrogen-bond acceptors (Lipinski definition) is 4. The molecule has 0 radical (unpaired) electrons. The molecular weight excluding hydrogens is 593 g/mol. The fourth-order valence-electron chi connectivity index (χ4n) is 4.06. The minimum absolute atomic E-state index is 0.00924. The Hall–Kier alpha value is -2.78. The Morgan fingerprint density at radius 2 is 1.55 bits per heavy atom. The molecule has 0 saturated carbocycles. The molecule has 0 aromatic heterocycles. The first-order valence-corrected chi connectivity index (χ1v) is 15.4. The molecule has 7 nitrogen and oxygen atoms in total. The van der Waals surface area contributed by atoms with Crippen molar-refractivity contribution in [3.8, 4) is 0 Å². The van der Waals surface area contributed by atoms with E-state index in [1.165, 1.54) is 35.2 Å². The zero-order chi connectivity index (χ0) is 29.4. The number of rotatable bonds is 12. The molecule has 2 amide bonds. The van der Waals surface area contributed by atoms with Gasteiger partial charge in [0.1, 0.15) is 12.6 Å². The lowest BCUT2D eigenvalue weighted by molar-refractivity contribution is -0.140. The first-order valence-electron chi connectivity index (χ1n) is 12.8. The summed E-state index contributed by atoms with van der Waals surface area (Å²) in [7, 11) is -4.23. The van der Waals surface area contributed by atoms with Gasteiger partial charge in [-0.25, -0.2) is 8.42 Å². The van der Waals surface area contributed by atoms with Crippen molar-refractivity contribution < 1.29 is 18.0 Å². The molecule has 0 spiro atoms. The predicted molar refractivity (Wildman–Crippen MR) is 161 cm³/mol. The summed E-state index contributed by atoms with van der Waals surface area (Å²) in [5.74, 6) is -0.907. The zero-order valence-corrected chi connectivity index (χ0v) is 25.6. The third-order valence-corrected chi connectivity index (χ3v) is 9.11.